The summed E-state index contributed by atoms with van der Waals surface area (Å²) in [4.78, 5) is 0. The molecule has 1 aromatic carbocycles. The number of hydrogen-bond acceptors (Lipinski definition) is 2. The largest absolute Gasteiger partial charge is 0.493 e. The van der Waals surface area contributed by atoms with Crippen molar-refractivity contribution in [2.75, 3.05) is 13.2 Å². The van der Waals surface area contributed by atoms with E-state index in [1.54, 1.807) is 0 Å². The lowest BCUT2D eigenvalue weighted by Gasteiger charge is -2.15. The van der Waals surface area contributed by atoms with E-state index >= 15 is 0 Å². The van der Waals surface area contributed by atoms with Gasteiger partial charge in [0, 0.05) is 6.04 Å². The minimum absolute atomic E-state index is 0.413. The standard InChI is InChI=1S/C17H29NO/c1-5-6-7-12-18-15(4)16-8-10-17(11-9-16)19-13-14(2)3/h8-11,14-15,18H,5-7,12-13H2,1-4H3. The lowest BCUT2D eigenvalue weighted by atomic mass is 10.1. The van der Waals surface area contributed by atoms with Gasteiger partial charge in [0.15, 0.2) is 0 Å². The Balaban J connectivity index is 2.37. The zero-order valence-corrected chi connectivity index (χ0v) is 12.9. The summed E-state index contributed by atoms with van der Waals surface area (Å²) in [6.45, 7) is 10.7. The Bertz CT molecular complexity index is 332. The van der Waals surface area contributed by atoms with Gasteiger partial charge in [-0.25, -0.2) is 0 Å². The summed E-state index contributed by atoms with van der Waals surface area (Å²) in [5.41, 5.74) is 1.33. The number of rotatable bonds is 9. The zero-order chi connectivity index (χ0) is 14.1. The first-order chi connectivity index (χ1) is 9.13. The predicted octanol–water partition coefficient (Wildman–Crippen LogP) is 4.56. The second kappa shape index (κ2) is 8.98. The van der Waals surface area contributed by atoms with Crippen LogP contribution in [-0.4, -0.2) is 13.2 Å². The molecule has 0 aliphatic carbocycles. The Morgan fingerprint density at radius 2 is 1.74 bits per heavy atom. The van der Waals surface area contributed by atoms with Gasteiger partial charge in [-0.15, -0.1) is 0 Å². The van der Waals surface area contributed by atoms with Crippen molar-refractivity contribution in [3.05, 3.63) is 29.8 Å². The van der Waals surface area contributed by atoms with Crippen molar-refractivity contribution in [1.82, 2.24) is 5.32 Å². The fraction of sp³-hybridized carbons (Fsp3) is 0.647. The molecule has 0 fully saturated rings. The molecule has 1 atom stereocenters. The normalized spacial score (nSPS) is 12.7. The first-order valence-corrected chi connectivity index (χ1v) is 7.59. The molecule has 108 valence electrons. The monoisotopic (exact) mass is 263 g/mol. The fourth-order valence-electron chi connectivity index (χ4n) is 1.93. The van der Waals surface area contributed by atoms with E-state index in [-0.39, 0.29) is 0 Å². The zero-order valence-electron chi connectivity index (χ0n) is 12.9. The van der Waals surface area contributed by atoms with Crippen molar-refractivity contribution in [1.29, 1.82) is 0 Å². The number of benzene rings is 1. The van der Waals surface area contributed by atoms with Gasteiger partial charge in [-0.1, -0.05) is 45.7 Å². The second-order valence-electron chi connectivity index (χ2n) is 5.66. The van der Waals surface area contributed by atoms with Crippen LogP contribution in [0.2, 0.25) is 0 Å². The van der Waals surface area contributed by atoms with Crippen LogP contribution in [0.1, 0.15) is 58.6 Å². The van der Waals surface area contributed by atoms with E-state index in [0.717, 1.165) is 18.9 Å². The third-order valence-electron chi connectivity index (χ3n) is 3.19. The van der Waals surface area contributed by atoms with E-state index in [0.29, 0.717) is 12.0 Å². The summed E-state index contributed by atoms with van der Waals surface area (Å²) in [6, 6.07) is 8.88. The number of nitrogens with one attached hydrogen (secondary N) is 1. The van der Waals surface area contributed by atoms with Crippen LogP contribution >= 0.6 is 0 Å². The van der Waals surface area contributed by atoms with Crippen LogP contribution in [0.15, 0.2) is 24.3 Å². The molecule has 0 saturated carbocycles. The highest BCUT2D eigenvalue weighted by Crippen LogP contribution is 2.18. The molecule has 0 aromatic heterocycles. The van der Waals surface area contributed by atoms with Crippen LogP contribution in [-0.2, 0) is 0 Å². The van der Waals surface area contributed by atoms with Gasteiger partial charge in [-0.2, -0.15) is 0 Å². The van der Waals surface area contributed by atoms with Gasteiger partial charge in [-0.05, 0) is 43.5 Å². The van der Waals surface area contributed by atoms with E-state index in [9.17, 15) is 0 Å². The predicted molar refractivity (Wildman–Crippen MR) is 82.7 cm³/mol. The molecule has 1 aromatic rings. The molecule has 0 aliphatic heterocycles. The maximum atomic E-state index is 5.69. The van der Waals surface area contributed by atoms with E-state index in [4.69, 9.17) is 4.74 Å². The van der Waals surface area contributed by atoms with Crippen molar-refractivity contribution >= 4 is 0 Å². The summed E-state index contributed by atoms with van der Waals surface area (Å²) in [5, 5.41) is 3.56. The third-order valence-corrected chi connectivity index (χ3v) is 3.19. The van der Waals surface area contributed by atoms with Crippen molar-refractivity contribution < 1.29 is 4.74 Å². The molecule has 0 heterocycles. The van der Waals surface area contributed by atoms with E-state index in [2.05, 4.69) is 57.3 Å². The first-order valence-electron chi connectivity index (χ1n) is 7.59. The summed E-state index contributed by atoms with van der Waals surface area (Å²) in [6.07, 6.45) is 3.84. The van der Waals surface area contributed by atoms with Crippen LogP contribution in [0.5, 0.6) is 5.75 Å². The van der Waals surface area contributed by atoms with Crippen LogP contribution in [0.4, 0.5) is 0 Å². The second-order valence-corrected chi connectivity index (χ2v) is 5.66. The van der Waals surface area contributed by atoms with Crippen LogP contribution in [0.3, 0.4) is 0 Å². The lowest BCUT2D eigenvalue weighted by molar-refractivity contribution is 0.271. The summed E-state index contributed by atoms with van der Waals surface area (Å²) in [5.74, 6) is 1.54. The topological polar surface area (TPSA) is 21.3 Å². The molecular formula is C17H29NO. The van der Waals surface area contributed by atoms with Gasteiger partial charge in [0.1, 0.15) is 5.75 Å². The third kappa shape index (κ3) is 6.63. The Kier molecular flexibility index (Phi) is 7.57. The highest BCUT2D eigenvalue weighted by atomic mass is 16.5. The Morgan fingerprint density at radius 1 is 1.05 bits per heavy atom. The van der Waals surface area contributed by atoms with Crippen LogP contribution in [0.25, 0.3) is 0 Å². The van der Waals surface area contributed by atoms with Crippen molar-refractivity contribution in [3.63, 3.8) is 0 Å². The van der Waals surface area contributed by atoms with Gasteiger partial charge in [0.05, 0.1) is 6.61 Å². The Labute approximate surface area is 118 Å². The molecule has 0 spiro atoms. The maximum Gasteiger partial charge on any atom is 0.119 e. The maximum absolute atomic E-state index is 5.69. The number of hydrogen-bond donors (Lipinski definition) is 1. The van der Waals surface area contributed by atoms with E-state index in [1.807, 2.05) is 0 Å². The van der Waals surface area contributed by atoms with Crippen molar-refractivity contribution in [2.24, 2.45) is 5.92 Å². The molecule has 2 nitrogen and oxygen atoms in total. The minimum atomic E-state index is 0.413. The average Bonchev–Trinajstić information content (AvgIpc) is 2.41. The first kappa shape index (κ1) is 16.0. The average molecular weight is 263 g/mol. The molecule has 0 aliphatic rings. The highest BCUT2D eigenvalue weighted by molar-refractivity contribution is 5.28. The molecule has 2 heteroatoms. The van der Waals surface area contributed by atoms with Crippen molar-refractivity contribution in [2.45, 2.75) is 53.0 Å². The molecular weight excluding hydrogens is 234 g/mol. The SMILES string of the molecule is CCCCCNC(C)c1ccc(OCC(C)C)cc1. The van der Waals surface area contributed by atoms with Gasteiger partial charge in [-0.3, -0.25) is 0 Å². The van der Waals surface area contributed by atoms with Crippen LogP contribution < -0.4 is 10.1 Å². The fourth-order valence-corrected chi connectivity index (χ4v) is 1.93. The van der Waals surface area contributed by atoms with E-state index < -0.39 is 0 Å². The van der Waals surface area contributed by atoms with Gasteiger partial charge >= 0.3 is 0 Å². The van der Waals surface area contributed by atoms with Gasteiger partial charge < -0.3 is 10.1 Å². The van der Waals surface area contributed by atoms with E-state index in [1.165, 1.54) is 24.8 Å². The molecule has 19 heavy (non-hydrogen) atoms. The van der Waals surface area contributed by atoms with Gasteiger partial charge in [0.2, 0.25) is 0 Å². The molecule has 0 amide bonds. The smallest absolute Gasteiger partial charge is 0.119 e. The Hall–Kier alpha value is -1.02. The molecule has 1 unspecified atom stereocenters. The summed E-state index contributed by atoms with van der Waals surface area (Å²) < 4.78 is 5.69. The molecule has 0 bridgehead atoms. The van der Waals surface area contributed by atoms with Gasteiger partial charge in [0.25, 0.3) is 0 Å². The Morgan fingerprint density at radius 3 is 2.32 bits per heavy atom. The quantitative estimate of drug-likeness (QED) is 0.659. The number of ether oxygens (including phenoxy) is 1. The summed E-state index contributed by atoms with van der Waals surface area (Å²) >= 11 is 0. The number of unbranched alkanes of at least 4 members (excludes halogenated alkanes) is 2. The molecule has 1 N–H and O–H groups in total. The van der Waals surface area contributed by atoms with Crippen LogP contribution in [0, 0.1) is 5.92 Å². The highest BCUT2D eigenvalue weighted by Gasteiger charge is 2.04. The molecule has 0 saturated heterocycles. The minimum Gasteiger partial charge on any atom is -0.493 e. The van der Waals surface area contributed by atoms with Crippen molar-refractivity contribution in [3.8, 4) is 5.75 Å². The molecule has 1 rings (SSSR count). The summed E-state index contributed by atoms with van der Waals surface area (Å²) in [7, 11) is 0. The molecule has 0 radical (unpaired) electrons. The lowest BCUT2D eigenvalue weighted by Crippen LogP contribution is -2.19.